The van der Waals surface area contributed by atoms with E-state index in [2.05, 4.69) is 20.8 Å². The maximum atomic E-state index is 13.1. The van der Waals surface area contributed by atoms with Crippen LogP contribution in [0.3, 0.4) is 0 Å². The number of carbonyl (C=O) groups excluding carboxylic acids is 5. The molecule has 2 atom stereocenters. The average Bonchev–Trinajstić information content (AvgIpc) is 3.33. The van der Waals surface area contributed by atoms with Crippen molar-refractivity contribution in [2.75, 3.05) is 38.7 Å². The third-order valence-electron chi connectivity index (χ3n) is 5.17. The number of methoxy groups -OCH3 is 1. The first-order valence-electron chi connectivity index (χ1n) is 11.1. The Morgan fingerprint density at radius 1 is 1.26 bits per heavy atom. The molecule has 0 saturated carbocycles. The van der Waals surface area contributed by atoms with E-state index < -0.39 is 47.4 Å². The second-order valence-electron chi connectivity index (χ2n) is 8.90. The first kappa shape index (κ1) is 29.1. The molecule has 2 N–H and O–H groups in total. The smallest absolute Gasteiger partial charge is 0.358 e. The summed E-state index contributed by atoms with van der Waals surface area (Å²) in [6, 6.07) is -0.980. The minimum absolute atomic E-state index is 0.0206. The summed E-state index contributed by atoms with van der Waals surface area (Å²) >= 11 is 2.40. The lowest BCUT2D eigenvalue weighted by atomic mass is 9.98. The van der Waals surface area contributed by atoms with Gasteiger partial charge in [-0.15, -0.1) is 23.1 Å². The number of hydrogen-bond donors (Lipinski definition) is 2. The van der Waals surface area contributed by atoms with Gasteiger partial charge >= 0.3 is 11.9 Å². The van der Waals surface area contributed by atoms with E-state index in [4.69, 9.17) is 19.0 Å². The largest absolute Gasteiger partial charge is 0.427 e. The lowest BCUT2D eigenvalue weighted by Gasteiger charge is -2.49. The lowest BCUT2D eigenvalue weighted by Crippen LogP contribution is -2.71. The number of carbonyl (C=O) groups is 5. The molecule has 38 heavy (non-hydrogen) atoms. The maximum absolute atomic E-state index is 13.1. The van der Waals surface area contributed by atoms with Gasteiger partial charge in [0.2, 0.25) is 13.2 Å². The third-order valence-corrected chi connectivity index (χ3v) is 7.28. The maximum Gasteiger partial charge on any atom is 0.358 e. The van der Waals surface area contributed by atoms with E-state index in [0.717, 1.165) is 11.3 Å². The number of nitrogens with one attached hydrogen (secondary N) is 2. The highest BCUT2D eigenvalue weighted by Gasteiger charge is 2.54. The second kappa shape index (κ2) is 12.4. The van der Waals surface area contributed by atoms with Gasteiger partial charge in [-0.2, -0.15) is 0 Å². The Morgan fingerprint density at radius 2 is 2.00 bits per heavy atom. The number of anilines is 1. The fourth-order valence-corrected chi connectivity index (χ4v) is 5.37. The molecule has 1 unspecified atom stereocenters. The molecule has 3 rings (SSSR count). The molecule has 0 aromatic carbocycles. The van der Waals surface area contributed by atoms with Crippen LogP contribution in [-0.2, 0) is 43.0 Å². The Kier molecular flexibility index (Phi) is 9.45. The van der Waals surface area contributed by atoms with Crippen molar-refractivity contribution in [3.05, 3.63) is 22.3 Å². The summed E-state index contributed by atoms with van der Waals surface area (Å²) in [7, 11) is 2.69. The molecule has 1 aromatic heterocycles. The van der Waals surface area contributed by atoms with Crippen LogP contribution in [0.5, 0.6) is 0 Å². The molecular weight excluding hydrogens is 542 g/mol. The van der Waals surface area contributed by atoms with Crippen molar-refractivity contribution in [3.63, 3.8) is 0 Å². The number of thioether (sulfide) groups is 1. The number of aromatic nitrogens is 1. The summed E-state index contributed by atoms with van der Waals surface area (Å²) in [4.78, 5) is 71.7. The van der Waals surface area contributed by atoms with E-state index in [1.54, 1.807) is 20.8 Å². The number of nitrogens with zero attached hydrogens (tertiary/aromatic N) is 3. The molecule has 14 nitrogen and oxygen atoms in total. The predicted molar refractivity (Wildman–Crippen MR) is 136 cm³/mol. The molecule has 1 aromatic rings. The standard InChI is InChI=1S/C22H27N5O9S2/c1-22(2,3)20(32)36-10-35-19(31)15-11(6-33-4)7-37-18-14(17(30)27(15)18)25-16(29)13(26-34-5)12-8-38-21(24-12)23-9-28/h8-9,14,18H,6-7,10H2,1-5H3,(H,25,29)(H,23,24,28)/t14?,18-/m0/s1. The van der Waals surface area contributed by atoms with Crippen molar-refractivity contribution in [1.29, 1.82) is 0 Å². The SMILES string of the molecule is COCC1=C(C(=O)OCOC(=O)C(C)(C)C)N2C(=O)C(NC(=O)C(=NOC)c3csc(NC=O)n3)[C@@H]2SC1. The van der Waals surface area contributed by atoms with Gasteiger partial charge in [0.1, 0.15) is 29.9 Å². The fourth-order valence-electron chi connectivity index (χ4n) is 3.38. The normalized spacial score (nSPS) is 19.2. The van der Waals surface area contributed by atoms with Crippen molar-refractivity contribution in [3.8, 4) is 0 Å². The van der Waals surface area contributed by atoms with Crippen LogP contribution in [0.1, 0.15) is 26.5 Å². The molecule has 0 spiro atoms. The van der Waals surface area contributed by atoms with Crippen molar-refractivity contribution >= 4 is 64.1 Å². The number of β-lactam (4-membered cyclic amide) rings is 1. The van der Waals surface area contributed by atoms with Gasteiger partial charge in [0, 0.05) is 18.2 Å². The summed E-state index contributed by atoms with van der Waals surface area (Å²) < 4.78 is 15.3. The van der Waals surface area contributed by atoms with Crippen LogP contribution in [-0.4, -0.2) is 90.5 Å². The van der Waals surface area contributed by atoms with Crippen LogP contribution < -0.4 is 10.6 Å². The van der Waals surface area contributed by atoms with E-state index in [1.165, 1.54) is 36.3 Å². The highest BCUT2D eigenvalue weighted by molar-refractivity contribution is 8.00. The monoisotopic (exact) mass is 569 g/mol. The minimum Gasteiger partial charge on any atom is -0.427 e. The van der Waals surface area contributed by atoms with Gasteiger partial charge in [0.25, 0.3) is 11.8 Å². The molecule has 16 heteroatoms. The van der Waals surface area contributed by atoms with Crippen molar-refractivity contribution in [2.45, 2.75) is 32.2 Å². The molecule has 0 bridgehead atoms. The number of hydrogen-bond acceptors (Lipinski definition) is 13. The number of ether oxygens (including phenoxy) is 3. The van der Waals surface area contributed by atoms with E-state index in [1.807, 2.05) is 0 Å². The van der Waals surface area contributed by atoms with E-state index in [-0.39, 0.29) is 28.8 Å². The first-order valence-corrected chi connectivity index (χ1v) is 13.0. The van der Waals surface area contributed by atoms with Crippen molar-refractivity contribution < 1.29 is 43.0 Å². The average molecular weight is 570 g/mol. The summed E-state index contributed by atoms with van der Waals surface area (Å²) in [5.74, 6) is -2.38. The highest BCUT2D eigenvalue weighted by Crippen LogP contribution is 2.40. The van der Waals surface area contributed by atoms with Crippen LogP contribution in [0, 0.1) is 5.41 Å². The Balaban J connectivity index is 1.73. The molecule has 0 radical (unpaired) electrons. The molecule has 206 valence electrons. The molecular formula is C22H27N5O9S2. The molecule has 3 heterocycles. The van der Waals surface area contributed by atoms with E-state index >= 15 is 0 Å². The van der Waals surface area contributed by atoms with Crippen LogP contribution in [0.25, 0.3) is 0 Å². The van der Waals surface area contributed by atoms with Gasteiger partial charge in [-0.25, -0.2) is 9.78 Å². The second-order valence-corrected chi connectivity index (χ2v) is 10.9. The molecule has 1 fully saturated rings. The third kappa shape index (κ3) is 6.31. The van der Waals surface area contributed by atoms with Crippen LogP contribution in [0.2, 0.25) is 0 Å². The van der Waals surface area contributed by atoms with Crippen LogP contribution >= 0.6 is 23.1 Å². The summed E-state index contributed by atoms with van der Waals surface area (Å²) in [5.41, 5.74) is -0.360. The number of fused-ring (bicyclic) bond motifs is 1. The van der Waals surface area contributed by atoms with Gasteiger partial charge in [0.05, 0.1) is 12.0 Å². The lowest BCUT2D eigenvalue weighted by molar-refractivity contribution is -0.173. The Bertz CT molecular complexity index is 1170. The Labute approximate surface area is 226 Å². The number of thiazole rings is 1. The topological polar surface area (TPSA) is 175 Å². The Morgan fingerprint density at radius 3 is 2.63 bits per heavy atom. The number of esters is 2. The summed E-state index contributed by atoms with van der Waals surface area (Å²) in [6.45, 7) is 4.42. The van der Waals surface area contributed by atoms with E-state index in [0.29, 0.717) is 17.7 Å². The fraction of sp³-hybridized carbons (Fsp3) is 0.500. The molecule has 2 aliphatic heterocycles. The molecule has 2 aliphatic rings. The van der Waals surface area contributed by atoms with Gasteiger partial charge in [-0.1, -0.05) is 5.16 Å². The van der Waals surface area contributed by atoms with Gasteiger partial charge in [-0.05, 0) is 26.3 Å². The quantitative estimate of drug-likeness (QED) is 0.0945. The van der Waals surface area contributed by atoms with E-state index in [9.17, 15) is 24.0 Å². The van der Waals surface area contributed by atoms with Crippen molar-refractivity contribution in [2.24, 2.45) is 10.6 Å². The van der Waals surface area contributed by atoms with Crippen LogP contribution in [0.4, 0.5) is 5.13 Å². The molecule has 0 aliphatic carbocycles. The van der Waals surface area contributed by atoms with Crippen molar-refractivity contribution in [1.82, 2.24) is 15.2 Å². The van der Waals surface area contributed by atoms with Crippen LogP contribution in [0.15, 0.2) is 21.8 Å². The molecule has 3 amide bonds. The zero-order chi connectivity index (χ0) is 28.0. The Hall–Kier alpha value is -3.50. The highest BCUT2D eigenvalue weighted by atomic mass is 32.2. The minimum atomic E-state index is -0.980. The number of rotatable bonds is 11. The van der Waals surface area contributed by atoms with Gasteiger partial charge < -0.3 is 29.7 Å². The zero-order valence-corrected chi connectivity index (χ0v) is 22.9. The summed E-state index contributed by atoms with van der Waals surface area (Å²) in [6.07, 6.45) is 0.445. The van der Waals surface area contributed by atoms with Gasteiger partial charge in [-0.3, -0.25) is 24.1 Å². The summed E-state index contributed by atoms with van der Waals surface area (Å²) in [5, 5.41) is 9.82. The van der Waals surface area contributed by atoms with Gasteiger partial charge in [0.15, 0.2) is 10.8 Å². The zero-order valence-electron chi connectivity index (χ0n) is 21.3. The first-order chi connectivity index (χ1) is 18.0. The number of amides is 3. The number of oxime groups is 1. The molecule has 1 saturated heterocycles. The predicted octanol–water partition coefficient (Wildman–Crippen LogP) is 0.452.